The molecule has 1 saturated heterocycles. The predicted octanol–water partition coefficient (Wildman–Crippen LogP) is 1.50. The number of rotatable bonds is 2. The summed E-state index contributed by atoms with van der Waals surface area (Å²) in [5.74, 6) is 1.66. The third kappa shape index (κ3) is 2.46. The minimum Gasteiger partial charge on any atom is -0.337 e. The molecule has 0 aliphatic carbocycles. The van der Waals surface area contributed by atoms with Crippen LogP contribution in [0.4, 0.5) is 5.95 Å². The summed E-state index contributed by atoms with van der Waals surface area (Å²) in [7, 11) is 0. The molecule has 1 aromatic heterocycles. The number of piperazine rings is 1. The van der Waals surface area contributed by atoms with E-state index in [0.717, 1.165) is 43.5 Å². The van der Waals surface area contributed by atoms with Gasteiger partial charge in [0.15, 0.2) is 5.82 Å². The smallest absolute Gasteiger partial charge is 0.245 e. The van der Waals surface area contributed by atoms with E-state index >= 15 is 0 Å². The maximum absolute atomic E-state index is 4.63. The van der Waals surface area contributed by atoms with E-state index in [1.165, 1.54) is 11.1 Å². The van der Waals surface area contributed by atoms with Crippen molar-refractivity contribution in [2.45, 2.75) is 13.8 Å². The third-order valence-corrected chi connectivity index (χ3v) is 3.51. The molecule has 5 heteroatoms. The van der Waals surface area contributed by atoms with Crippen molar-refractivity contribution in [3.63, 3.8) is 0 Å². The molecule has 1 fully saturated rings. The van der Waals surface area contributed by atoms with Crippen LogP contribution in [-0.2, 0) is 0 Å². The lowest BCUT2D eigenvalue weighted by Crippen LogP contribution is -2.44. The Kier molecular flexibility index (Phi) is 3.21. The summed E-state index contributed by atoms with van der Waals surface area (Å²) in [4.78, 5) is 6.83. The lowest BCUT2D eigenvalue weighted by Gasteiger charge is -2.25. The monoisotopic (exact) mass is 257 g/mol. The molecule has 2 heterocycles. The van der Waals surface area contributed by atoms with Gasteiger partial charge < -0.3 is 10.2 Å². The Balaban J connectivity index is 1.87. The summed E-state index contributed by atoms with van der Waals surface area (Å²) in [6, 6.07) is 6.38. The second-order valence-electron chi connectivity index (χ2n) is 5.04. The highest BCUT2D eigenvalue weighted by molar-refractivity contribution is 5.61. The molecule has 2 aromatic rings. The first-order chi connectivity index (χ1) is 9.24. The van der Waals surface area contributed by atoms with E-state index in [2.05, 4.69) is 57.4 Å². The van der Waals surface area contributed by atoms with E-state index in [0.29, 0.717) is 0 Å². The maximum Gasteiger partial charge on any atom is 0.245 e. The zero-order chi connectivity index (χ0) is 13.2. The summed E-state index contributed by atoms with van der Waals surface area (Å²) in [5, 5.41) is 10.7. The third-order valence-electron chi connectivity index (χ3n) is 3.51. The number of hydrogen-bond donors (Lipinski definition) is 2. The highest BCUT2D eigenvalue weighted by atomic mass is 15.4. The van der Waals surface area contributed by atoms with Crippen LogP contribution in [0.5, 0.6) is 0 Å². The minimum absolute atomic E-state index is 0.802. The van der Waals surface area contributed by atoms with Gasteiger partial charge >= 0.3 is 0 Å². The first-order valence-corrected chi connectivity index (χ1v) is 6.70. The van der Waals surface area contributed by atoms with Gasteiger partial charge in [-0.05, 0) is 19.4 Å². The Bertz CT molecular complexity index is 569. The number of H-pyrrole nitrogens is 1. The van der Waals surface area contributed by atoms with Crippen molar-refractivity contribution in [2.24, 2.45) is 0 Å². The van der Waals surface area contributed by atoms with E-state index < -0.39 is 0 Å². The second kappa shape index (κ2) is 5.01. The van der Waals surface area contributed by atoms with E-state index in [-0.39, 0.29) is 0 Å². The molecule has 3 rings (SSSR count). The van der Waals surface area contributed by atoms with Gasteiger partial charge in [0.2, 0.25) is 5.95 Å². The average Bonchev–Trinajstić information content (AvgIpc) is 2.89. The molecule has 0 amide bonds. The van der Waals surface area contributed by atoms with Crippen molar-refractivity contribution < 1.29 is 0 Å². The molecule has 0 atom stereocenters. The zero-order valence-corrected chi connectivity index (χ0v) is 11.4. The fraction of sp³-hybridized carbons (Fsp3) is 0.429. The normalized spacial score (nSPS) is 15.8. The number of benzene rings is 1. The fourth-order valence-corrected chi connectivity index (χ4v) is 2.46. The van der Waals surface area contributed by atoms with Crippen LogP contribution in [0.3, 0.4) is 0 Å². The molecule has 1 aliphatic rings. The number of aromatic amines is 1. The van der Waals surface area contributed by atoms with Crippen molar-refractivity contribution in [3.05, 3.63) is 29.3 Å². The minimum atomic E-state index is 0.802. The molecule has 0 spiro atoms. The number of hydrogen-bond acceptors (Lipinski definition) is 4. The zero-order valence-electron chi connectivity index (χ0n) is 11.4. The molecule has 0 bridgehead atoms. The van der Waals surface area contributed by atoms with Crippen LogP contribution in [0.1, 0.15) is 11.1 Å². The maximum atomic E-state index is 4.63. The summed E-state index contributed by atoms with van der Waals surface area (Å²) in [6.07, 6.45) is 0. The molecular formula is C14H19N5. The van der Waals surface area contributed by atoms with E-state index in [1.807, 2.05) is 0 Å². The average molecular weight is 257 g/mol. The molecule has 2 N–H and O–H groups in total. The van der Waals surface area contributed by atoms with Gasteiger partial charge in [-0.25, -0.2) is 0 Å². The summed E-state index contributed by atoms with van der Waals surface area (Å²) in [6.45, 7) is 8.12. The lowest BCUT2D eigenvalue weighted by atomic mass is 10.1. The first kappa shape index (κ1) is 12.2. The Labute approximate surface area is 113 Å². The largest absolute Gasteiger partial charge is 0.337 e. The van der Waals surface area contributed by atoms with Crippen molar-refractivity contribution in [1.29, 1.82) is 0 Å². The van der Waals surface area contributed by atoms with Crippen LogP contribution in [0.2, 0.25) is 0 Å². The molecule has 19 heavy (non-hydrogen) atoms. The van der Waals surface area contributed by atoms with Gasteiger partial charge in [0, 0.05) is 31.7 Å². The van der Waals surface area contributed by atoms with Crippen LogP contribution in [-0.4, -0.2) is 41.4 Å². The van der Waals surface area contributed by atoms with E-state index in [9.17, 15) is 0 Å². The number of nitrogens with zero attached hydrogens (tertiary/aromatic N) is 3. The topological polar surface area (TPSA) is 56.8 Å². The Morgan fingerprint density at radius 1 is 1.16 bits per heavy atom. The van der Waals surface area contributed by atoms with Crippen molar-refractivity contribution in [3.8, 4) is 11.4 Å². The van der Waals surface area contributed by atoms with Gasteiger partial charge in [0.25, 0.3) is 0 Å². The Morgan fingerprint density at radius 2 is 1.95 bits per heavy atom. The molecule has 0 saturated carbocycles. The van der Waals surface area contributed by atoms with Crippen LogP contribution in [0, 0.1) is 13.8 Å². The van der Waals surface area contributed by atoms with Crippen LogP contribution in [0.15, 0.2) is 18.2 Å². The standard InChI is InChI=1S/C14H19N5/c1-10-3-4-12(11(2)9-10)13-16-14(18-17-13)19-7-5-15-6-8-19/h3-4,9,15H,5-8H2,1-2H3,(H,16,17,18). The summed E-state index contributed by atoms with van der Waals surface area (Å²) >= 11 is 0. The number of aryl methyl sites for hydroxylation is 2. The van der Waals surface area contributed by atoms with Gasteiger partial charge in [-0.2, -0.15) is 4.98 Å². The van der Waals surface area contributed by atoms with Gasteiger partial charge in [-0.15, -0.1) is 5.10 Å². The first-order valence-electron chi connectivity index (χ1n) is 6.70. The Morgan fingerprint density at radius 3 is 2.68 bits per heavy atom. The van der Waals surface area contributed by atoms with Gasteiger partial charge in [-0.3, -0.25) is 5.10 Å². The lowest BCUT2D eigenvalue weighted by molar-refractivity contribution is 0.580. The number of nitrogens with one attached hydrogen (secondary N) is 2. The van der Waals surface area contributed by atoms with E-state index in [4.69, 9.17) is 0 Å². The van der Waals surface area contributed by atoms with Crippen LogP contribution in [0.25, 0.3) is 11.4 Å². The molecule has 0 radical (unpaired) electrons. The Hall–Kier alpha value is -1.88. The highest BCUT2D eigenvalue weighted by Crippen LogP contribution is 2.22. The van der Waals surface area contributed by atoms with Gasteiger partial charge in [-0.1, -0.05) is 23.8 Å². The van der Waals surface area contributed by atoms with Gasteiger partial charge in [0.1, 0.15) is 0 Å². The number of aromatic nitrogens is 3. The molecule has 100 valence electrons. The van der Waals surface area contributed by atoms with E-state index in [1.54, 1.807) is 0 Å². The molecule has 0 unspecified atom stereocenters. The summed E-state index contributed by atoms with van der Waals surface area (Å²) in [5.41, 5.74) is 3.62. The molecule has 5 nitrogen and oxygen atoms in total. The van der Waals surface area contributed by atoms with Crippen molar-refractivity contribution >= 4 is 5.95 Å². The van der Waals surface area contributed by atoms with Crippen molar-refractivity contribution in [2.75, 3.05) is 31.1 Å². The summed E-state index contributed by atoms with van der Waals surface area (Å²) < 4.78 is 0. The van der Waals surface area contributed by atoms with Crippen LogP contribution < -0.4 is 10.2 Å². The predicted molar refractivity (Wildman–Crippen MR) is 76.4 cm³/mol. The highest BCUT2D eigenvalue weighted by Gasteiger charge is 2.16. The number of anilines is 1. The fourth-order valence-electron chi connectivity index (χ4n) is 2.46. The second-order valence-corrected chi connectivity index (χ2v) is 5.04. The SMILES string of the molecule is Cc1ccc(-c2nc(N3CCNCC3)n[nH]2)c(C)c1. The molecular weight excluding hydrogens is 238 g/mol. The van der Waals surface area contributed by atoms with Crippen LogP contribution >= 0.6 is 0 Å². The quantitative estimate of drug-likeness (QED) is 0.856. The van der Waals surface area contributed by atoms with Crippen molar-refractivity contribution in [1.82, 2.24) is 20.5 Å². The molecule has 1 aromatic carbocycles. The van der Waals surface area contributed by atoms with Gasteiger partial charge in [0.05, 0.1) is 0 Å². The molecule has 1 aliphatic heterocycles.